The Kier molecular flexibility index (Phi) is 2.86. The first-order valence-corrected chi connectivity index (χ1v) is 2.03. The minimum atomic E-state index is -4.14. The molecule has 6 heteroatoms. The van der Waals surface area contributed by atoms with Crippen LogP contribution in [0, 0.1) is 0 Å². The lowest BCUT2D eigenvalue weighted by Gasteiger charge is -2.12. The van der Waals surface area contributed by atoms with Crippen LogP contribution < -0.4 is 5.48 Å². The van der Waals surface area contributed by atoms with E-state index in [0.717, 1.165) is 5.48 Å². The standard InChI is InChI=1S/C3H5F4NO/c4-2(5)3(6,7)1-8-9/h2,8-9H,1H2. The van der Waals surface area contributed by atoms with Gasteiger partial charge in [-0.1, -0.05) is 0 Å². The van der Waals surface area contributed by atoms with Crippen LogP contribution in [0.5, 0.6) is 0 Å². The van der Waals surface area contributed by atoms with Gasteiger partial charge in [0.2, 0.25) is 0 Å². The largest absolute Gasteiger partial charge is 0.321 e. The summed E-state index contributed by atoms with van der Waals surface area (Å²) in [6.45, 7) is -1.43. The topological polar surface area (TPSA) is 32.3 Å². The van der Waals surface area contributed by atoms with Gasteiger partial charge in [-0.3, -0.25) is 0 Å². The molecular formula is C3H5F4NO. The van der Waals surface area contributed by atoms with Crippen molar-refractivity contribution in [2.75, 3.05) is 6.54 Å². The third kappa shape index (κ3) is 2.62. The van der Waals surface area contributed by atoms with Crippen LogP contribution in [0.4, 0.5) is 17.6 Å². The first kappa shape index (κ1) is 8.64. The maximum atomic E-state index is 11.6. The fraction of sp³-hybridized carbons (Fsp3) is 1.00. The van der Waals surface area contributed by atoms with Crippen molar-refractivity contribution < 1.29 is 22.8 Å². The van der Waals surface area contributed by atoms with Gasteiger partial charge in [0.1, 0.15) is 0 Å². The molecule has 0 bridgehead atoms. The summed E-state index contributed by atoms with van der Waals surface area (Å²) in [4.78, 5) is 0. The molecule has 0 atom stereocenters. The molecule has 0 radical (unpaired) electrons. The summed E-state index contributed by atoms with van der Waals surface area (Å²) < 4.78 is 45.3. The third-order valence-corrected chi connectivity index (χ3v) is 0.634. The summed E-state index contributed by atoms with van der Waals surface area (Å²) in [5.74, 6) is -4.14. The molecule has 0 aromatic carbocycles. The SMILES string of the molecule is ONCC(F)(F)C(F)F. The zero-order valence-electron chi connectivity index (χ0n) is 4.24. The number of alkyl halides is 4. The summed E-state index contributed by atoms with van der Waals surface area (Å²) >= 11 is 0. The van der Waals surface area contributed by atoms with Crippen LogP contribution in [-0.4, -0.2) is 24.1 Å². The number of nitrogens with one attached hydrogen (secondary N) is 1. The highest BCUT2D eigenvalue weighted by molar-refractivity contribution is 4.69. The predicted molar refractivity (Wildman–Crippen MR) is 20.7 cm³/mol. The van der Waals surface area contributed by atoms with E-state index in [-0.39, 0.29) is 0 Å². The Bertz CT molecular complexity index is 85.9. The molecule has 2 N–H and O–H groups in total. The molecule has 0 aliphatic carbocycles. The van der Waals surface area contributed by atoms with Crippen LogP contribution >= 0.6 is 0 Å². The second kappa shape index (κ2) is 2.98. The lowest BCUT2D eigenvalue weighted by molar-refractivity contribution is -0.138. The van der Waals surface area contributed by atoms with Gasteiger partial charge in [0.15, 0.2) is 0 Å². The highest BCUT2D eigenvalue weighted by atomic mass is 19.3. The number of hydroxylamine groups is 1. The summed E-state index contributed by atoms with van der Waals surface area (Å²) in [5.41, 5.74) is 0.959. The van der Waals surface area contributed by atoms with Crippen molar-refractivity contribution >= 4 is 0 Å². The second-order valence-corrected chi connectivity index (χ2v) is 1.40. The average molecular weight is 147 g/mol. The molecule has 0 rings (SSSR count). The van der Waals surface area contributed by atoms with Crippen LogP contribution in [0.3, 0.4) is 0 Å². The van der Waals surface area contributed by atoms with Crippen molar-refractivity contribution in [3.63, 3.8) is 0 Å². The van der Waals surface area contributed by atoms with Gasteiger partial charge in [-0.15, -0.1) is 0 Å². The minimum absolute atomic E-state index is 0.959. The van der Waals surface area contributed by atoms with Gasteiger partial charge in [0.25, 0.3) is 0 Å². The molecule has 0 fully saturated rings. The van der Waals surface area contributed by atoms with Gasteiger partial charge >= 0.3 is 12.3 Å². The Morgan fingerprint density at radius 1 is 1.44 bits per heavy atom. The number of halogens is 4. The van der Waals surface area contributed by atoms with Crippen molar-refractivity contribution in [2.45, 2.75) is 12.3 Å². The third-order valence-electron chi connectivity index (χ3n) is 0.634. The molecule has 0 aliphatic heterocycles. The van der Waals surface area contributed by atoms with E-state index in [9.17, 15) is 17.6 Å². The molecule has 0 aliphatic rings. The number of rotatable bonds is 3. The van der Waals surface area contributed by atoms with Crippen molar-refractivity contribution in [1.82, 2.24) is 5.48 Å². The monoisotopic (exact) mass is 147 g/mol. The Balaban J connectivity index is 3.70. The molecule has 56 valence electrons. The molecule has 2 nitrogen and oxygen atoms in total. The van der Waals surface area contributed by atoms with E-state index in [1.165, 1.54) is 0 Å². The molecule has 0 saturated heterocycles. The van der Waals surface area contributed by atoms with E-state index in [2.05, 4.69) is 0 Å². The molecule has 0 aromatic heterocycles. The van der Waals surface area contributed by atoms with Crippen LogP contribution in [0.1, 0.15) is 0 Å². The van der Waals surface area contributed by atoms with Crippen LogP contribution in [0.2, 0.25) is 0 Å². The fourth-order valence-corrected chi connectivity index (χ4v) is 0.183. The van der Waals surface area contributed by atoms with E-state index in [4.69, 9.17) is 5.21 Å². The average Bonchev–Trinajstić information content (AvgIpc) is 1.65. The van der Waals surface area contributed by atoms with Gasteiger partial charge in [0, 0.05) is 0 Å². The molecule has 0 saturated carbocycles. The quantitative estimate of drug-likeness (QED) is 0.458. The first-order chi connectivity index (χ1) is 4.00. The van der Waals surface area contributed by atoms with E-state index in [0.29, 0.717) is 0 Å². The maximum absolute atomic E-state index is 11.6. The Labute approximate surface area is 48.4 Å². The number of hydrogen-bond acceptors (Lipinski definition) is 2. The summed E-state index contributed by atoms with van der Waals surface area (Å²) in [6, 6.07) is 0. The van der Waals surface area contributed by atoms with Crippen LogP contribution in [-0.2, 0) is 0 Å². The van der Waals surface area contributed by atoms with Crippen LogP contribution in [0.25, 0.3) is 0 Å². The normalized spacial score (nSPS) is 12.7. The lowest BCUT2D eigenvalue weighted by Crippen LogP contribution is -2.37. The van der Waals surface area contributed by atoms with Gasteiger partial charge < -0.3 is 5.21 Å². The van der Waals surface area contributed by atoms with E-state index < -0.39 is 18.9 Å². The zero-order chi connectivity index (χ0) is 7.49. The molecule has 0 amide bonds. The Hall–Kier alpha value is -0.360. The Morgan fingerprint density at radius 2 is 1.89 bits per heavy atom. The highest BCUT2D eigenvalue weighted by Gasteiger charge is 2.40. The maximum Gasteiger partial charge on any atom is 0.321 e. The van der Waals surface area contributed by atoms with E-state index >= 15 is 0 Å². The first-order valence-electron chi connectivity index (χ1n) is 2.03. The molecule has 0 aromatic rings. The van der Waals surface area contributed by atoms with Gasteiger partial charge in [-0.05, 0) is 0 Å². The van der Waals surface area contributed by atoms with Gasteiger partial charge in [-0.2, -0.15) is 14.3 Å². The zero-order valence-corrected chi connectivity index (χ0v) is 4.24. The summed E-state index contributed by atoms with van der Waals surface area (Å²) in [6.07, 6.45) is -3.74. The predicted octanol–water partition coefficient (Wildman–Crippen LogP) is 0.866. The minimum Gasteiger partial charge on any atom is -0.317 e. The lowest BCUT2D eigenvalue weighted by atomic mass is 10.4. The molecule has 0 heterocycles. The van der Waals surface area contributed by atoms with Crippen molar-refractivity contribution in [3.8, 4) is 0 Å². The molecule has 0 unspecified atom stereocenters. The summed E-state index contributed by atoms with van der Waals surface area (Å²) in [7, 11) is 0. The van der Waals surface area contributed by atoms with E-state index in [1.807, 2.05) is 0 Å². The molecule has 0 spiro atoms. The van der Waals surface area contributed by atoms with E-state index in [1.54, 1.807) is 0 Å². The fourth-order valence-electron chi connectivity index (χ4n) is 0.183. The molecule has 9 heavy (non-hydrogen) atoms. The summed E-state index contributed by atoms with van der Waals surface area (Å²) in [5, 5.41) is 7.59. The second-order valence-electron chi connectivity index (χ2n) is 1.40. The smallest absolute Gasteiger partial charge is 0.317 e. The van der Waals surface area contributed by atoms with Crippen molar-refractivity contribution in [2.24, 2.45) is 0 Å². The van der Waals surface area contributed by atoms with Crippen molar-refractivity contribution in [3.05, 3.63) is 0 Å². The van der Waals surface area contributed by atoms with Gasteiger partial charge in [-0.25, -0.2) is 8.78 Å². The van der Waals surface area contributed by atoms with Gasteiger partial charge in [0.05, 0.1) is 6.54 Å². The van der Waals surface area contributed by atoms with Crippen LogP contribution in [0.15, 0.2) is 0 Å². The molecular weight excluding hydrogens is 142 g/mol. The Morgan fingerprint density at radius 3 is 2.00 bits per heavy atom. The highest BCUT2D eigenvalue weighted by Crippen LogP contribution is 2.20. The van der Waals surface area contributed by atoms with Crippen molar-refractivity contribution in [1.29, 1.82) is 0 Å². The number of hydrogen-bond donors (Lipinski definition) is 2.